The summed E-state index contributed by atoms with van der Waals surface area (Å²) in [4.78, 5) is 19.5. The zero-order valence-electron chi connectivity index (χ0n) is 15.8. The van der Waals surface area contributed by atoms with Gasteiger partial charge in [-0.25, -0.2) is 4.98 Å². The molecule has 2 aromatic rings. The average Bonchev–Trinajstić information content (AvgIpc) is 2.69. The lowest BCUT2D eigenvalue weighted by molar-refractivity contribution is -0.123. The van der Waals surface area contributed by atoms with Crippen molar-refractivity contribution in [3.63, 3.8) is 0 Å². The third-order valence-electron chi connectivity index (χ3n) is 4.79. The van der Waals surface area contributed by atoms with Crippen LogP contribution in [0.4, 0.5) is 5.82 Å². The third-order valence-corrected chi connectivity index (χ3v) is 5.04. The third kappa shape index (κ3) is 5.21. The fourth-order valence-electron chi connectivity index (χ4n) is 3.31. The summed E-state index contributed by atoms with van der Waals surface area (Å²) < 4.78 is 5.37. The Bertz CT molecular complexity index is 741. The van der Waals surface area contributed by atoms with E-state index < -0.39 is 0 Å². The van der Waals surface area contributed by atoms with Gasteiger partial charge < -0.3 is 15.0 Å². The minimum absolute atomic E-state index is 0.0181. The number of nitrogens with zero attached hydrogens (tertiary/aromatic N) is 2. The van der Waals surface area contributed by atoms with Crippen LogP contribution in [-0.2, 0) is 16.1 Å². The van der Waals surface area contributed by atoms with Gasteiger partial charge in [-0.1, -0.05) is 43.6 Å². The monoisotopic (exact) mass is 387 g/mol. The van der Waals surface area contributed by atoms with Gasteiger partial charge in [-0.15, -0.1) is 0 Å². The van der Waals surface area contributed by atoms with Crippen LogP contribution in [0, 0.1) is 5.92 Å². The molecule has 5 nitrogen and oxygen atoms in total. The molecule has 1 fully saturated rings. The molecule has 144 valence electrons. The maximum atomic E-state index is 12.8. The highest BCUT2D eigenvalue weighted by molar-refractivity contribution is 6.30. The molecule has 1 aliphatic rings. The summed E-state index contributed by atoms with van der Waals surface area (Å²) >= 11 is 5.97. The minimum atomic E-state index is -0.206. The molecule has 0 bridgehead atoms. The molecule has 1 saturated heterocycles. The van der Waals surface area contributed by atoms with Crippen molar-refractivity contribution in [2.24, 2.45) is 5.92 Å². The molecular weight excluding hydrogens is 362 g/mol. The first-order valence-electron chi connectivity index (χ1n) is 9.35. The van der Waals surface area contributed by atoms with Crippen LogP contribution in [0.3, 0.4) is 0 Å². The van der Waals surface area contributed by atoms with Crippen molar-refractivity contribution in [3.8, 4) is 0 Å². The lowest BCUT2D eigenvalue weighted by Gasteiger charge is -2.27. The average molecular weight is 388 g/mol. The van der Waals surface area contributed by atoms with E-state index in [0.29, 0.717) is 11.6 Å². The molecule has 3 rings (SSSR count). The van der Waals surface area contributed by atoms with Crippen molar-refractivity contribution in [3.05, 3.63) is 58.7 Å². The Hall–Kier alpha value is -2.11. The molecule has 27 heavy (non-hydrogen) atoms. The Kier molecular flexibility index (Phi) is 6.69. The lowest BCUT2D eigenvalue weighted by Crippen LogP contribution is -2.36. The van der Waals surface area contributed by atoms with Crippen molar-refractivity contribution in [1.82, 2.24) is 10.3 Å². The number of hydrogen-bond donors (Lipinski definition) is 1. The molecule has 1 N–H and O–H groups in total. The highest BCUT2D eigenvalue weighted by atomic mass is 35.5. The van der Waals surface area contributed by atoms with Crippen LogP contribution < -0.4 is 10.2 Å². The number of carbonyl (C=O) groups excluding carboxylic acids is 1. The van der Waals surface area contributed by atoms with E-state index in [0.717, 1.165) is 43.2 Å². The van der Waals surface area contributed by atoms with Gasteiger partial charge in [-0.2, -0.15) is 0 Å². The van der Waals surface area contributed by atoms with E-state index in [2.05, 4.69) is 29.0 Å². The van der Waals surface area contributed by atoms with Crippen LogP contribution in [0.2, 0.25) is 5.02 Å². The van der Waals surface area contributed by atoms with Gasteiger partial charge in [0.25, 0.3) is 0 Å². The standard InChI is InChI=1S/C21H26ClN3O2/c1-15(2)20(17-4-6-18(22)7-5-17)21(26)24-14-16-3-8-19(23-13-16)25-9-11-27-12-10-25/h3-8,13,15,20H,9-12,14H2,1-2H3,(H,24,26). The summed E-state index contributed by atoms with van der Waals surface area (Å²) in [5.41, 5.74) is 1.96. The molecular formula is C21H26ClN3O2. The predicted molar refractivity (Wildman–Crippen MR) is 108 cm³/mol. The first-order valence-corrected chi connectivity index (χ1v) is 9.73. The highest BCUT2D eigenvalue weighted by Gasteiger charge is 2.24. The van der Waals surface area contributed by atoms with Gasteiger partial charge in [0.05, 0.1) is 19.1 Å². The van der Waals surface area contributed by atoms with Gasteiger partial charge in [0, 0.05) is 30.9 Å². The number of rotatable bonds is 6. The summed E-state index contributed by atoms with van der Waals surface area (Å²) in [7, 11) is 0. The summed E-state index contributed by atoms with van der Waals surface area (Å²) in [5, 5.41) is 3.72. The Labute approximate surface area is 165 Å². The summed E-state index contributed by atoms with van der Waals surface area (Å²) in [6, 6.07) is 11.5. The van der Waals surface area contributed by atoms with E-state index in [4.69, 9.17) is 16.3 Å². The number of halogens is 1. The lowest BCUT2D eigenvalue weighted by atomic mass is 9.87. The smallest absolute Gasteiger partial charge is 0.228 e. The fraction of sp³-hybridized carbons (Fsp3) is 0.429. The second kappa shape index (κ2) is 9.20. The largest absolute Gasteiger partial charge is 0.378 e. The van der Waals surface area contributed by atoms with Crippen LogP contribution >= 0.6 is 11.6 Å². The van der Waals surface area contributed by atoms with E-state index in [1.54, 1.807) is 0 Å². The number of aromatic nitrogens is 1. The van der Waals surface area contributed by atoms with Crippen LogP contribution in [-0.4, -0.2) is 37.2 Å². The van der Waals surface area contributed by atoms with E-state index in [1.165, 1.54) is 0 Å². The molecule has 1 aromatic heterocycles. The highest BCUT2D eigenvalue weighted by Crippen LogP contribution is 2.26. The zero-order chi connectivity index (χ0) is 19.2. The second-order valence-corrected chi connectivity index (χ2v) is 7.55. The van der Waals surface area contributed by atoms with Crippen molar-refractivity contribution in [1.29, 1.82) is 0 Å². The molecule has 0 radical (unpaired) electrons. The normalized spacial score (nSPS) is 15.6. The van der Waals surface area contributed by atoms with Crippen molar-refractivity contribution in [2.45, 2.75) is 26.3 Å². The zero-order valence-corrected chi connectivity index (χ0v) is 16.6. The van der Waals surface area contributed by atoms with E-state index in [-0.39, 0.29) is 17.7 Å². The molecule has 1 atom stereocenters. The molecule has 2 heterocycles. The van der Waals surface area contributed by atoms with Gasteiger partial charge in [-0.05, 0) is 35.2 Å². The molecule has 0 saturated carbocycles. The molecule has 0 aliphatic carbocycles. The quantitative estimate of drug-likeness (QED) is 0.822. The van der Waals surface area contributed by atoms with Crippen LogP contribution in [0.25, 0.3) is 0 Å². The van der Waals surface area contributed by atoms with E-state index >= 15 is 0 Å². The number of pyridine rings is 1. The first kappa shape index (κ1) is 19.6. The Morgan fingerprint density at radius 1 is 1.19 bits per heavy atom. The first-order chi connectivity index (χ1) is 13.0. The van der Waals surface area contributed by atoms with Crippen LogP contribution in [0.1, 0.15) is 30.9 Å². The van der Waals surface area contributed by atoms with Crippen molar-refractivity contribution >= 4 is 23.3 Å². The molecule has 1 aromatic carbocycles. The van der Waals surface area contributed by atoms with Crippen LogP contribution in [0.5, 0.6) is 0 Å². The Morgan fingerprint density at radius 2 is 1.89 bits per heavy atom. The number of amides is 1. The topological polar surface area (TPSA) is 54.5 Å². The number of hydrogen-bond acceptors (Lipinski definition) is 4. The van der Waals surface area contributed by atoms with Crippen LogP contribution in [0.15, 0.2) is 42.6 Å². The van der Waals surface area contributed by atoms with Gasteiger partial charge in [0.2, 0.25) is 5.91 Å². The molecule has 1 amide bonds. The molecule has 1 aliphatic heterocycles. The number of carbonyl (C=O) groups is 1. The fourth-order valence-corrected chi connectivity index (χ4v) is 3.44. The number of anilines is 1. The van der Waals surface area contributed by atoms with Crippen molar-refractivity contribution < 1.29 is 9.53 Å². The summed E-state index contributed by atoms with van der Waals surface area (Å²) in [6.07, 6.45) is 1.83. The number of benzene rings is 1. The van der Waals surface area contributed by atoms with Gasteiger partial charge >= 0.3 is 0 Å². The SMILES string of the molecule is CC(C)C(C(=O)NCc1ccc(N2CCOCC2)nc1)c1ccc(Cl)cc1. The van der Waals surface area contributed by atoms with Crippen molar-refractivity contribution in [2.75, 3.05) is 31.2 Å². The van der Waals surface area contributed by atoms with E-state index in [9.17, 15) is 4.79 Å². The number of ether oxygens (including phenoxy) is 1. The Morgan fingerprint density at radius 3 is 2.48 bits per heavy atom. The molecule has 6 heteroatoms. The number of morpholine rings is 1. The summed E-state index contributed by atoms with van der Waals surface area (Å²) in [6.45, 7) is 7.77. The molecule has 0 spiro atoms. The molecule has 1 unspecified atom stereocenters. The predicted octanol–water partition coefficient (Wildman–Crippen LogP) is 3.63. The van der Waals surface area contributed by atoms with E-state index in [1.807, 2.05) is 42.6 Å². The second-order valence-electron chi connectivity index (χ2n) is 7.12. The van der Waals surface area contributed by atoms with Gasteiger partial charge in [-0.3, -0.25) is 4.79 Å². The maximum absolute atomic E-state index is 12.8. The van der Waals surface area contributed by atoms with Gasteiger partial charge in [0.1, 0.15) is 5.82 Å². The minimum Gasteiger partial charge on any atom is -0.378 e. The summed E-state index contributed by atoms with van der Waals surface area (Å²) in [5.74, 6) is 0.954. The van der Waals surface area contributed by atoms with Gasteiger partial charge in [0.15, 0.2) is 0 Å². The number of nitrogens with one attached hydrogen (secondary N) is 1. The Balaban J connectivity index is 1.60. The maximum Gasteiger partial charge on any atom is 0.228 e.